The molecular weight excluding hydrogens is 164 g/mol. The van der Waals surface area contributed by atoms with Gasteiger partial charge in [0.2, 0.25) is 0 Å². The van der Waals surface area contributed by atoms with Crippen LogP contribution in [0.3, 0.4) is 0 Å². The summed E-state index contributed by atoms with van der Waals surface area (Å²) in [5.74, 6) is 2.75. The summed E-state index contributed by atoms with van der Waals surface area (Å²) in [6.07, 6.45) is 9.49. The van der Waals surface area contributed by atoms with Crippen molar-refractivity contribution in [3.63, 3.8) is 0 Å². The Morgan fingerprint density at radius 1 is 1.54 bits per heavy atom. The first kappa shape index (κ1) is 10.1. The van der Waals surface area contributed by atoms with Crippen molar-refractivity contribution in [1.29, 1.82) is 0 Å². The molecule has 1 fully saturated rings. The predicted octanol–water partition coefficient (Wildman–Crippen LogP) is 1.99. The van der Waals surface area contributed by atoms with Gasteiger partial charge < -0.3 is 4.74 Å². The third-order valence-corrected chi connectivity index (χ3v) is 2.71. The van der Waals surface area contributed by atoms with Crippen molar-refractivity contribution in [2.75, 3.05) is 6.61 Å². The van der Waals surface area contributed by atoms with Crippen molar-refractivity contribution in [2.45, 2.75) is 32.6 Å². The molecule has 0 aromatic rings. The van der Waals surface area contributed by atoms with Gasteiger partial charge in [-0.2, -0.15) is 0 Å². The molecule has 0 amide bonds. The van der Waals surface area contributed by atoms with Crippen LogP contribution in [0, 0.1) is 24.2 Å². The van der Waals surface area contributed by atoms with Crippen LogP contribution in [-0.4, -0.2) is 12.6 Å². The molecule has 0 spiro atoms. The highest BCUT2D eigenvalue weighted by atomic mass is 16.5. The van der Waals surface area contributed by atoms with Crippen molar-refractivity contribution in [2.24, 2.45) is 11.8 Å². The van der Waals surface area contributed by atoms with E-state index in [9.17, 15) is 4.79 Å². The number of carbonyl (C=O) groups is 1. The fourth-order valence-electron chi connectivity index (χ4n) is 1.89. The summed E-state index contributed by atoms with van der Waals surface area (Å²) in [6.45, 7) is 2.23. The van der Waals surface area contributed by atoms with E-state index in [1.54, 1.807) is 0 Å². The van der Waals surface area contributed by atoms with E-state index in [1.165, 1.54) is 6.42 Å². The fourth-order valence-corrected chi connectivity index (χ4v) is 1.89. The van der Waals surface area contributed by atoms with Gasteiger partial charge in [0.05, 0.1) is 5.92 Å². The molecule has 2 atom stereocenters. The minimum Gasteiger partial charge on any atom is -0.452 e. The Hall–Kier alpha value is -0.970. The zero-order chi connectivity index (χ0) is 9.68. The molecule has 1 aliphatic carbocycles. The Morgan fingerprint density at radius 2 is 2.23 bits per heavy atom. The topological polar surface area (TPSA) is 26.3 Å². The van der Waals surface area contributed by atoms with Crippen LogP contribution in [0.15, 0.2) is 0 Å². The molecular formula is C11H16O2. The minimum atomic E-state index is -0.106. The van der Waals surface area contributed by atoms with Crippen LogP contribution < -0.4 is 0 Å². The first-order valence-electron chi connectivity index (χ1n) is 4.86. The summed E-state index contributed by atoms with van der Waals surface area (Å²) in [5, 5.41) is 0. The average Bonchev–Trinajstić information content (AvgIpc) is 2.15. The van der Waals surface area contributed by atoms with Crippen LogP contribution in [-0.2, 0) is 9.53 Å². The molecule has 13 heavy (non-hydrogen) atoms. The van der Waals surface area contributed by atoms with Gasteiger partial charge in [-0.3, -0.25) is 4.79 Å². The highest BCUT2D eigenvalue weighted by Gasteiger charge is 2.28. The summed E-state index contributed by atoms with van der Waals surface area (Å²) in [7, 11) is 0. The molecule has 0 saturated heterocycles. The molecule has 0 radical (unpaired) electrons. The van der Waals surface area contributed by atoms with Crippen molar-refractivity contribution >= 4 is 5.97 Å². The van der Waals surface area contributed by atoms with Gasteiger partial charge in [0.1, 0.15) is 0 Å². The second-order valence-corrected chi connectivity index (χ2v) is 3.68. The largest absolute Gasteiger partial charge is 0.452 e. The van der Waals surface area contributed by atoms with Gasteiger partial charge in [-0.1, -0.05) is 25.7 Å². The second-order valence-electron chi connectivity index (χ2n) is 3.68. The smallest absolute Gasteiger partial charge is 0.310 e. The molecule has 0 bridgehead atoms. The van der Waals surface area contributed by atoms with E-state index in [2.05, 4.69) is 12.8 Å². The van der Waals surface area contributed by atoms with E-state index in [4.69, 9.17) is 11.2 Å². The van der Waals surface area contributed by atoms with E-state index >= 15 is 0 Å². The first-order valence-corrected chi connectivity index (χ1v) is 4.86. The SMILES string of the molecule is C#CCOC(=O)C1CCCCC1C. The van der Waals surface area contributed by atoms with E-state index in [1.807, 2.05) is 0 Å². The van der Waals surface area contributed by atoms with Crippen LogP contribution >= 0.6 is 0 Å². The predicted molar refractivity (Wildman–Crippen MR) is 50.9 cm³/mol. The zero-order valence-corrected chi connectivity index (χ0v) is 8.08. The Morgan fingerprint density at radius 3 is 2.85 bits per heavy atom. The van der Waals surface area contributed by atoms with Gasteiger partial charge in [-0.15, -0.1) is 6.42 Å². The van der Waals surface area contributed by atoms with Gasteiger partial charge >= 0.3 is 5.97 Å². The molecule has 1 aliphatic rings. The standard InChI is InChI=1S/C11H16O2/c1-3-8-13-11(12)10-7-5-4-6-9(10)2/h1,9-10H,4-8H2,2H3. The number of esters is 1. The zero-order valence-electron chi connectivity index (χ0n) is 8.08. The molecule has 0 aromatic heterocycles. The van der Waals surface area contributed by atoms with Crippen molar-refractivity contribution in [3.05, 3.63) is 0 Å². The van der Waals surface area contributed by atoms with Gasteiger partial charge in [-0.25, -0.2) is 0 Å². The third kappa shape index (κ3) is 2.77. The van der Waals surface area contributed by atoms with Gasteiger partial charge in [0.15, 0.2) is 6.61 Å². The summed E-state index contributed by atoms with van der Waals surface area (Å²) < 4.78 is 4.93. The second kappa shape index (κ2) is 4.91. The number of hydrogen-bond donors (Lipinski definition) is 0. The minimum absolute atomic E-state index is 0.0853. The maximum atomic E-state index is 11.4. The molecule has 0 aromatic carbocycles. The molecule has 0 aliphatic heterocycles. The monoisotopic (exact) mass is 180 g/mol. The highest BCUT2D eigenvalue weighted by Crippen LogP contribution is 2.30. The Balaban J connectivity index is 2.40. The van der Waals surface area contributed by atoms with E-state index in [0.717, 1.165) is 19.3 Å². The lowest BCUT2D eigenvalue weighted by Crippen LogP contribution is -2.27. The lowest BCUT2D eigenvalue weighted by atomic mass is 9.80. The lowest BCUT2D eigenvalue weighted by molar-refractivity contribution is -0.150. The Bertz CT molecular complexity index is 215. The summed E-state index contributed by atoms with van der Waals surface area (Å²) >= 11 is 0. The molecule has 1 saturated carbocycles. The van der Waals surface area contributed by atoms with Gasteiger partial charge in [0.25, 0.3) is 0 Å². The third-order valence-electron chi connectivity index (χ3n) is 2.71. The highest BCUT2D eigenvalue weighted by molar-refractivity contribution is 5.73. The van der Waals surface area contributed by atoms with E-state index in [0.29, 0.717) is 5.92 Å². The van der Waals surface area contributed by atoms with Crippen LogP contribution in [0.1, 0.15) is 32.6 Å². The number of carbonyl (C=O) groups excluding carboxylic acids is 1. The number of ether oxygens (including phenoxy) is 1. The van der Waals surface area contributed by atoms with Gasteiger partial charge in [-0.05, 0) is 18.8 Å². The first-order chi connectivity index (χ1) is 6.25. The fraction of sp³-hybridized carbons (Fsp3) is 0.727. The number of terminal acetylenes is 1. The number of hydrogen-bond acceptors (Lipinski definition) is 2. The molecule has 2 unspecified atom stereocenters. The number of rotatable bonds is 2. The Labute approximate surface area is 79.7 Å². The average molecular weight is 180 g/mol. The summed E-state index contributed by atoms with van der Waals surface area (Å²) in [6, 6.07) is 0. The van der Waals surface area contributed by atoms with E-state index < -0.39 is 0 Å². The normalized spacial score (nSPS) is 27.7. The Kier molecular flexibility index (Phi) is 3.82. The van der Waals surface area contributed by atoms with Crippen LogP contribution in [0.25, 0.3) is 0 Å². The maximum Gasteiger partial charge on any atom is 0.310 e. The van der Waals surface area contributed by atoms with Crippen molar-refractivity contribution in [3.8, 4) is 12.3 Å². The van der Waals surface area contributed by atoms with Crippen LogP contribution in [0.2, 0.25) is 0 Å². The van der Waals surface area contributed by atoms with Gasteiger partial charge in [0, 0.05) is 0 Å². The molecule has 0 N–H and O–H groups in total. The van der Waals surface area contributed by atoms with Crippen molar-refractivity contribution < 1.29 is 9.53 Å². The van der Waals surface area contributed by atoms with Crippen LogP contribution in [0.4, 0.5) is 0 Å². The molecule has 2 heteroatoms. The summed E-state index contributed by atoms with van der Waals surface area (Å²) in [4.78, 5) is 11.4. The summed E-state index contributed by atoms with van der Waals surface area (Å²) in [5.41, 5.74) is 0. The lowest BCUT2D eigenvalue weighted by Gasteiger charge is -2.26. The molecule has 72 valence electrons. The molecule has 2 nitrogen and oxygen atoms in total. The molecule has 1 rings (SSSR count). The maximum absolute atomic E-state index is 11.4. The van der Waals surface area contributed by atoms with Crippen molar-refractivity contribution in [1.82, 2.24) is 0 Å². The quantitative estimate of drug-likeness (QED) is 0.480. The molecule has 0 heterocycles. The van der Waals surface area contributed by atoms with Crippen LogP contribution in [0.5, 0.6) is 0 Å². The van der Waals surface area contributed by atoms with E-state index in [-0.39, 0.29) is 18.5 Å².